The van der Waals surface area contributed by atoms with Gasteiger partial charge in [-0.3, -0.25) is 9.48 Å². The molecule has 4 nitrogen and oxygen atoms in total. The maximum atomic E-state index is 12.0. The molecule has 1 aromatic rings. The molecule has 0 N–H and O–H groups in total. The van der Waals surface area contributed by atoms with Gasteiger partial charge >= 0.3 is 0 Å². The number of hydrogen-bond donors (Lipinski definition) is 0. The maximum Gasteiger partial charge on any atom is 0.257 e. The van der Waals surface area contributed by atoms with E-state index in [1.165, 1.54) is 0 Å². The van der Waals surface area contributed by atoms with Crippen LogP contribution in [0.5, 0.6) is 0 Å². The zero-order valence-electron chi connectivity index (χ0n) is 9.33. The molecule has 1 amide bonds. The summed E-state index contributed by atoms with van der Waals surface area (Å²) in [5, 5.41) is 4.05. The number of alkyl halides is 1. The predicted octanol–water partition coefficient (Wildman–Crippen LogP) is 1.43. The highest BCUT2D eigenvalue weighted by Crippen LogP contribution is 2.09. The van der Waals surface area contributed by atoms with Crippen LogP contribution >= 0.6 is 11.6 Å². The maximum absolute atomic E-state index is 12.0. The first-order valence-corrected chi connectivity index (χ1v) is 5.49. The van der Waals surface area contributed by atoms with Gasteiger partial charge in [0.1, 0.15) is 0 Å². The molecule has 0 radical (unpaired) electrons. The Bertz CT molecular complexity index is 348. The van der Waals surface area contributed by atoms with Crippen LogP contribution in [0.15, 0.2) is 6.20 Å². The van der Waals surface area contributed by atoms with Crippen LogP contribution < -0.4 is 0 Å². The number of aromatic nitrogens is 2. The average molecular weight is 230 g/mol. The quantitative estimate of drug-likeness (QED) is 0.733. The minimum absolute atomic E-state index is 0.00347. The third-order valence-electron chi connectivity index (χ3n) is 2.49. The zero-order chi connectivity index (χ0) is 11.4. The van der Waals surface area contributed by atoms with Crippen molar-refractivity contribution in [1.82, 2.24) is 14.7 Å². The van der Waals surface area contributed by atoms with E-state index in [0.717, 1.165) is 5.69 Å². The second-order valence-electron chi connectivity index (χ2n) is 3.34. The van der Waals surface area contributed by atoms with E-state index in [4.69, 9.17) is 11.6 Å². The van der Waals surface area contributed by atoms with Gasteiger partial charge in [0.2, 0.25) is 0 Å². The van der Waals surface area contributed by atoms with Crippen molar-refractivity contribution in [1.29, 1.82) is 0 Å². The summed E-state index contributed by atoms with van der Waals surface area (Å²) in [4.78, 5) is 13.7. The SMILES string of the molecule is CCN(CCCl)C(=O)c1cnn(C)c1C. The van der Waals surface area contributed by atoms with Crippen molar-refractivity contribution in [2.75, 3.05) is 19.0 Å². The van der Waals surface area contributed by atoms with Gasteiger partial charge in [-0.05, 0) is 13.8 Å². The van der Waals surface area contributed by atoms with Gasteiger partial charge in [0.25, 0.3) is 5.91 Å². The Labute approximate surface area is 94.8 Å². The summed E-state index contributed by atoms with van der Waals surface area (Å²) in [6.45, 7) is 5.07. The molecule has 0 aliphatic rings. The van der Waals surface area contributed by atoms with Crippen molar-refractivity contribution in [2.24, 2.45) is 7.05 Å². The summed E-state index contributed by atoms with van der Waals surface area (Å²) in [7, 11) is 1.82. The minimum Gasteiger partial charge on any atom is -0.338 e. The van der Waals surface area contributed by atoms with E-state index < -0.39 is 0 Å². The molecule has 15 heavy (non-hydrogen) atoms. The second kappa shape index (κ2) is 5.16. The van der Waals surface area contributed by atoms with Crippen LogP contribution in [0.3, 0.4) is 0 Å². The molecule has 0 fully saturated rings. The van der Waals surface area contributed by atoms with E-state index >= 15 is 0 Å². The van der Waals surface area contributed by atoms with Gasteiger partial charge in [-0.1, -0.05) is 0 Å². The largest absolute Gasteiger partial charge is 0.338 e. The number of carbonyl (C=O) groups excluding carboxylic acids is 1. The van der Waals surface area contributed by atoms with Crippen LogP contribution in [-0.2, 0) is 7.05 Å². The van der Waals surface area contributed by atoms with Gasteiger partial charge in [0.15, 0.2) is 0 Å². The lowest BCUT2D eigenvalue weighted by molar-refractivity contribution is 0.0773. The standard InChI is InChI=1S/C10H16ClN3O/c1-4-14(6-5-11)10(15)9-7-12-13(3)8(9)2/h7H,4-6H2,1-3H3. The molecule has 0 saturated carbocycles. The monoisotopic (exact) mass is 229 g/mol. The molecule has 5 heteroatoms. The second-order valence-corrected chi connectivity index (χ2v) is 3.72. The normalized spacial score (nSPS) is 10.4. The number of halogens is 1. The summed E-state index contributed by atoms with van der Waals surface area (Å²) in [6, 6.07) is 0. The Kier molecular flexibility index (Phi) is 4.15. The Morgan fingerprint density at radius 3 is 2.73 bits per heavy atom. The van der Waals surface area contributed by atoms with Crippen LogP contribution in [0.4, 0.5) is 0 Å². The lowest BCUT2D eigenvalue weighted by Crippen LogP contribution is -2.32. The lowest BCUT2D eigenvalue weighted by Gasteiger charge is -2.19. The third kappa shape index (κ3) is 2.50. The summed E-state index contributed by atoms with van der Waals surface area (Å²) >= 11 is 5.64. The van der Waals surface area contributed by atoms with Crippen molar-refractivity contribution in [3.05, 3.63) is 17.5 Å². The average Bonchev–Trinajstić information content (AvgIpc) is 2.55. The summed E-state index contributed by atoms with van der Waals surface area (Å²) in [5.74, 6) is 0.461. The van der Waals surface area contributed by atoms with Crippen LogP contribution in [-0.4, -0.2) is 39.6 Å². The van der Waals surface area contributed by atoms with Crippen LogP contribution in [0.1, 0.15) is 23.0 Å². The smallest absolute Gasteiger partial charge is 0.257 e. The summed E-state index contributed by atoms with van der Waals surface area (Å²) in [6.07, 6.45) is 1.61. The lowest BCUT2D eigenvalue weighted by atomic mass is 10.2. The molecule has 0 atom stereocenters. The Morgan fingerprint density at radius 2 is 2.33 bits per heavy atom. The highest BCUT2D eigenvalue weighted by molar-refractivity contribution is 6.18. The van der Waals surface area contributed by atoms with Crippen molar-refractivity contribution in [2.45, 2.75) is 13.8 Å². The van der Waals surface area contributed by atoms with E-state index in [2.05, 4.69) is 5.10 Å². The third-order valence-corrected chi connectivity index (χ3v) is 2.66. The molecule has 0 saturated heterocycles. The predicted molar refractivity (Wildman–Crippen MR) is 60.2 cm³/mol. The molecular formula is C10H16ClN3O. The molecule has 84 valence electrons. The number of rotatable bonds is 4. The van der Waals surface area contributed by atoms with Crippen molar-refractivity contribution in [3.63, 3.8) is 0 Å². The zero-order valence-corrected chi connectivity index (χ0v) is 10.1. The minimum atomic E-state index is 0.00347. The molecule has 1 heterocycles. The number of hydrogen-bond acceptors (Lipinski definition) is 2. The first kappa shape index (κ1) is 12.0. The van der Waals surface area contributed by atoms with Crippen molar-refractivity contribution >= 4 is 17.5 Å². The van der Waals surface area contributed by atoms with E-state index in [1.807, 2.05) is 20.9 Å². The molecule has 1 aromatic heterocycles. The van der Waals surface area contributed by atoms with E-state index in [1.54, 1.807) is 15.8 Å². The first-order chi connectivity index (χ1) is 7.11. The van der Waals surface area contributed by atoms with Crippen LogP contribution in [0.2, 0.25) is 0 Å². The Balaban J connectivity index is 2.87. The van der Waals surface area contributed by atoms with Crippen molar-refractivity contribution < 1.29 is 4.79 Å². The highest BCUT2D eigenvalue weighted by Gasteiger charge is 2.17. The number of amides is 1. The molecule has 0 spiro atoms. The van der Waals surface area contributed by atoms with E-state index in [-0.39, 0.29) is 5.91 Å². The Morgan fingerprint density at radius 1 is 1.67 bits per heavy atom. The summed E-state index contributed by atoms with van der Waals surface area (Å²) in [5.41, 5.74) is 1.54. The number of nitrogens with zero attached hydrogens (tertiary/aromatic N) is 3. The van der Waals surface area contributed by atoms with Crippen molar-refractivity contribution in [3.8, 4) is 0 Å². The topological polar surface area (TPSA) is 38.1 Å². The fraction of sp³-hybridized carbons (Fsp3) is 0.600. The molecule has 0 aromatic carbocycles. The van der Waals surface area contributed by atoms with Crippen LogP contribution in [0, 0.1) is 6.92 Å². The Hall–Kier alpha value is -1.03. The van der Waals surface area contributed by atoms with Gasteiger partial charge in [0.05, 0.1) is 11.8 Å². The molecule has 1 rings (SSSR count). The molecule has 0 unspecified atom stereocenters. The molecule has 0 bridgehead atoms. The van der Waals surface area contributed by atoms with Gasteiger partial charge in [0, 0.05) is 31.7 Å². The summed E-state index contributed by atoms with van der Waals surface area (Å²) < 4.78 is 1.70. The van der Waals surface area contributed by atoms with Gasteiger partial charge in [-0.2, -0.15) is 5.10 Å². The fourth-order valence-electron chi connectivity index (χ4n) is 1.38. The first-order valence-electron chi connectivity index (χ1n) is 4.95. The van der Waals surface area contributed by atoms with Gasteiger partial charge in [-0.25, -0.2) is 0 Å². The molecule has 0 aliphatic carbocycles. The molecule has 0 aliphatic heterocycles. The number of carbonyl (C=O) groups is 1. The highest BCUT2D eigenvalue weighted by atomic mass is 35.5. The van der Waals surface area contributed by atoms with Crippen LogP contribution in [0.25, 0.3) is 0 Å². The molecular weight excluding hydrogens is 214 g/mol. The van der Waals surface area contributed by atoms with Gasteiger partial charge < -0.3 is 4.90 Å². The van der Waals surface area contributed by atoms with Gasteiger partial charge in [-0.15, -0.1) is 11.6 Å². The fourth-order valence-corrected chi connectivity index (χ4v) is 1.59. The van der Waals surface area contributed by atoms with E-state index in [0.29, 0.717) is 24.5 Å². The van der Waals surface area contributed by atoms with E-state index in [9.17, 15) is 4.79 Å². The number of aryl methyl sites for hydroxylation is 1.